The summed E-state index contributed by atoms with van der Waals surface area (Å²) in [6.45, 7) is 12.7. The van der Waals surface area contributed by atoms with Gasteiger partial charge in [0.2, 0.25) is 10.0 Å². The zero-order valence-corrected chi connectivity index (χ0v) is 20.0. The highest BCUT2D eigenvalue weighted by atomic mass is 32.2. The molecule has 168 valence electrons. The number of sulfonamides is 1. The zero-order chi connectivity index (χ0) is 22.9. The molecule has 0 radical (unpaired) electrons. The Morgan fingerprint density at radius 3 is 2.03 bits per heavy atom. The number of ether oxygens (including phenoxy) is 1. The van der Waals surface area contributed by atoms with Crippen LogP contribution in [-0.2, 0) is 21.3 Å². The molecule has 7 heteroatoms. The van der Waals surface area contributed by atoms with E-state index in [2.05, 4.69) is 4.72 Å². The van der Waals surface area contributed by atoms with Crippen molar-refractivity contribution in [3.8, 4) is 0 Å². The minimum absolute atomic E-state index is 0.0125. The molecule has 1 aliphatic heterocycles. The Morgan fingerprint density at radius 1 is 1.00 bits per heavy atom. The number of amides is 1. The maximum Gasteiger partial charge on any atom is 0.254 e. The lowest BCUT2D eigenvalue weighted by atomic mass is 10.0. The van der Waals surface area contributed by atoms with E-state index in [1.165, 1.54) is 0 Å². The topological polar surface area (TPSA) is 75.7 Å². The van der Waals surface area contributed by atoms with Crippen LogP contribution in [0.2, 0.25) is 0 Å². The van der Waals surface area contributed by atoms with Crippen LogP contribution < -0.4 is 4.72 Å². The van der Waals surface area contributed by atoms with E-state index in [0.717, 1.165) is 27.8 Å². The van der Waals surface area contributed by atoms with Crippen molar-refractivity contribution in [1.29, 1.82) is 0 Å². The van der Waals surface area contributed by atoms with Gasteiger partial charge in [0.15, 0.2) is 0 Å². The van der Waals surface area contributed by atoms with E-state index in [1.54, 1.807) is 24.3 Å². The molecule has 2 aromatic rings. The van der Waals surface area contributed by atoms with Crippen LogP contribution in [0.4, 0.5) is 0 Å². The normalized spacial score (nSPS) is 19.5. The van der Waals surface area contributed by atoms with E-state index >= 15 is 0 Å². The molecule has 1 aliphatic rings. The molecule has 31 heavy (non-hydrogen) atoms. The van der Waals surface area contributed by atoms with Gasteiger partial charge in [-0.3, -0.25) is 4.79 Å². The summed E-state index contributed by atoms with van der Waals surface area (Å²) in [5, 5.41) is 0. The fourth-order valence-corrected chi connectivity index (χ4v) is 5.75. The predicted octanol–water partition coefficient (Wildman–Crippen LogP) is 3.65. The maximum absolute atomic E-state index is 13.0. The molecule has 0 bridgehead atoms. The Hall–Kier alpha value is -2.22. The van der Waals surface area contributed by atoms with Crippen molar-refractivity contribution in [2.24, 2.45) is 0 Å². The maximum atomic E-state index is 13.0. The van der Waals surface area contributed by atoms with Gasteiger partial charge in [0.1, 0.15) is 0 Å². The summed E-state index contributed by atoms with van der Waals surface area (Å²) in [7, 11) is -3.66. The number of morpholine rings is 1. The van der Waals surface area contributed by atoms with Gasteiger partial charge in [0.05, 0.1) is 17.1 Å². The smallest absolute Gasteiger partial charge is 0.254 e. The lowest BCUT2D eigenvalue weighted by Crippen LogP contribution is -2.48. The Morgan fingerprint density at radius 2 is 1.52 bits per heavy atom. The molecule has 1 heterocycles. The summed E-state index contributed by atoms with van der Waals surface area (Å²) >= 11 is 0. The van der Waals surface area contributed by atoms with Gasteiger partial charge in [-0.2, -0.15) is 0 Å². The molecule has 1 amide bonds. The van der Waals surface area contributed by atoms with Crippen molar-refractivity contribution < 1.29 is 17.9 Å². The number of nitrogens with one attached hydrogen (secondary N) is 1. The Labute approximate surface area is 185 Å². The molecule has 0 aromatic heterocycles. The third-order valence-corrected chi connectivity index (χ3v) is 7.61. The molecule has 0 unspecified atom stereocenters. The second-order valence-electron chi connectivity index (χ2n) is 8.58. The average molecular weight is 445 g/mol. The van der Waals surface area contributed by atoms with Crippen molar-refractivity contribution in [2.45, 2.75) is 65.2 Å². The summed E-state index contributed by atoms with van der Waals surface area (Å²) in [5.41, 5.74) is 4.84. The first-order valence-corrected chi connectivity index (χ1v) is 12.1. The van der Waals surface area contributed by atoms with E-state index < -0.39 is 10.0 Å². The third kappa shape index (κ3) is 5.17. The minimum Gasteiger partial charge on any atom is -0.372 e. The van der Waals surface area contributed by atoms with Crippen LogP contribution >= 0.6 is 0 Å². The van der Waals surface area contributed by atoms with E-state index in [-0.39, 0.29) is 24.7 Å². The van der Waals surface area contributed by atoms with E-state index in [1.807, 2.05) is 52.5 Å². The second-order valence-corrected chi connectivity index (χ2v) is 10.3. The van der Waals surface area contributed by atoms with Crippen LogP contribution in [0.3, 0.4) is 0 Å². The average Bonchev–Trinajstić information content (AvgIpc) is 2.70. The molecule has 0 saturated carbocycles. The van der Waals surface area contributed by atoms with Gasteiger partial charge in [0, 0.05) is 25.2 Å². The fourth-order valence-electron chi connectivity index (χ4n) is 4.13. The van der Waals surface area contributed by atoms with Gasteiger partial charge < -0.3 is 9.64 Å². The van der Waals surface area contributed by atoms with Crippen LogP contribution in [0.1, 0.15) is 52.0 Å². The number of hydrogen-bond donors (Lipinski definition) is 1. The number of rotatable bonds is 5. The molecular weight excluding hydrogens is 412 g/mol. The zero-order valence-electron chi connectivity index (χ0n) is 19.2. The number of aryl methyl sites for hydroxylation is 2. The highest BCUT2D eigenvalue weighted by molar-refractivity contribution is 7.89. The predicted molar refractivity (Wildman–Crippen MR) is 122 cm³/mol. The van der Waals surface area contributed by atoms with Crippen LogP contribution in [-0.4, -0.2) is 44.5 Å². The fraction of sp³-hybridized carbons (Fsp3) is 0.458. The number of nitrogens with zero attached hydrogens (tertiary/aromatic N) is 1. The highest BCUT2D eigenvalue weighted by Crippen LogP contribution is 2.26. The molecule has 3 rings (SSSR count). The molecule has 0 spiro atoms. The van der Waals surface area contributed by atoms with Crippen LogP contribution in [0, 0.1) is 27.7 Å². The SMILES string of the molecule is Cc1cc(C)c(C)c(S(=O)(=O)NCc2ccc(C(=O)N3C[C@@H](C)O[C@@H](C)C3)cc2)c1C. The summed E-state index contributed by atoms with van der Waals surface area (Å²) in [4.78, 5) is 15.0. The Balaban J connectivity index is 1.72. The standard InChI is InChI=1S/C24H32N2O4S/c1-15-11-16(2)20(6)23(19(15)5)31(28,29)25-12-21-7-9-22(10-8-21)24(27)26-13-17(3)30-18(4)14-26/h7-11,17-18,25H,12-14H2,1-6H3/t17-,18+. The number of hydrogen-bond acceptors (Lipinski definition) is 4. The summed E-state index contributed by atoms with van der Waals surface area (Å²) < 4.78 is 34.4. The molecule has 6 nitrogen and oxygen atoms in total. The molecule has 2 aromatic carbocycles. The van der Waals surface area contributed by atoms with Gasteiger partial charge in [-0.05, 0) is 81.5 Å². The third-order valence-electron chi connectivity index (χ3n) is 5.94. The molecular formula is C24H32N2O4S. The lowest BCUT2D eigenvalue weighted by molar-refractivity contribution is -0.0586. The van der Waals surface area contributed by atoms with Crippen LogP contribution in [0.15, 0.2) is 35.2 Å². The number of benzene rings is 2. The quantitative estimate of drug-likeness (QED) is 0.764. The van der Waals surface area contributed by atoms with E-state index in [4.69, 9.17) is 4.74 Å². The van der Waals surface area contributed by atoms with Gasteiger partial charge in [-0.15, -0.1) is 0 Å². The highest BCUT2D eigenvalue weighted by Gasteiger charge is 2.26. The molecule has 2 atom stereocenters. The molecule has 0 aliphatic carbocycles. The first-order chi connectivity index (χ1) is 14.5. The largest absolute Gasteiger partial charge is 0.372 e. The van der Waals surface area contributed by atoms with E-state index in [9.17, 15) is 13.2 Å². The number of carbonyl (C=O) groups is 1. The first-order valence-electron chi connectivity index (χ1n) is 10.6. The molecule has 1 fully saturated rings. The van der Waals surface area contributed by atoms with Gasteiger partial charge in [0.25, 0.3) is 5.91 Å². The summed E-state index contributed by atoms with van der Waals surface area (Å²) in [6.07, 6.45) is 0.0251. The van der Waals surface area contributed by atoms with E-state index in [0.29, 0.717) is 23.5 Å². The van der Waals surface area contributed by atoms with Crippen molar-refractivity contribution in [2.75, 3.05) is 13.1 Å². The Kier molecular flexibility index (Phi) is 6.88. The summed E-state index contributed by atoms with van der Waals surface area (Å²) in [5.74, 6) is -0.0318. The van der Waals surface area contributed by atoms with Crippen molar-refractivity contribution in [1.82, 2.24) is 9.62 Å². The second kappa shape index (κ2) is 9.10. The van der Waals surface area contributed by atoms with Gasteiger partial charge in [-0.25, -0.2) is 13.1 Å². The monoisotopic (exact) mass is 444 g/mol. The Bertz CT molecular complexity index is 1040. The van der Waals surface area contributed by atoms with Crippen LogP contribution in [0.5, 0.6) is 0 Å². The molecule has 1 N–H and O–H groups in total. The summed E-state index contributed by atoms with van der Waals surface area (Å²) in [6, 6.07) is 9.11. The minimum atomic E-state index is -3.66. The van der Waals surface area contributed by atoms with Gasteiger partial charge >= 0.3 is 0 Å². The number of carbonyl (C=O) groups excluding carboxylic acids is 1. The molecule has 1 saturated heterocycles. The van der Waals surface area contributed by atoms with Crippen molar-refractivity contribution in [3.05, 3.63) is 63.7 Å². The van der Waals surface area contributed by atoms with Gasteiger partial charge in [-0.1, -0.05) is 18.2 Å². The van der Waals surface area contributed by atoms with Crippen molar-refractivity contribution in [3.63, 3.8) is 0 Å². The van der Waals surface area contributed by atoms with Crippen LogP contribution in [0.25, 0.3) is 0 Å². The lowest BCUT2D eigenvalue weighted by Gasteiger charge is -2.35. The first kappa shape index (κ1) is 23.4. The van der Waals surface area contributed by atoms with Crippen molar-refractivity contribution >= 4 is 15.9 Å².